The second-order valence-electron chi connectivity index (χ2n) is 7.77. The minimum absolute atomic E-state index is 0. The number of aryl methyl sites for hydroxylation is 1. The number of nitrogens with zero attached hydrogens (tertiary/aromatic N) is 5. The van der Waals surface area contributed by atoms with E-state index < -0.39 is 0 Å². The van der Waals surface area contributed by atoms with E-state index in [2.05, 4.69) is 38.3 Å². The van der Waals surface area contributed by atoms with Gasteiger partial charge in [0.15, 0.2) is 5.96 Å². The maximum atomic E-state index is 5.43. The van der Waals surface area contributed by atoms with Crippen LogP contribution in [0.5, 0.6) is 0 Å². The van der Waals surface area contributed by atoms with Crippen molar-refractivity contribution in [3.05, 3.63) is 18.0 Å². The van der Waals surface area contributed by atoms with Crippen LogP contribution in [0, 0.1) is 11.8 Å². The molecule has 0 aromatic carbocycles. The first kappa shape index (κ1) is 22.4. The Kier molecular flexibility index (Phi) is 9.31. The SMILES string of the molecule is CN=C(NCC(C)CN1CCOCC1)N1CCC(Cc2cnn(C)c2)C1.I. The monoisotopic (exact) mass is 490 g/mol. The third-order valence-electron chi connectivity index (χ3n) is 5.36. The quantitative estimate of drug-likeness (QED) is 0.372. The number of aromatic nitrogens is 2. The van der Waals surface area contributed by atoms with E-state index in [1.54, 1.807) is 0 Å². The van der Waals surface area contributed by atoms with Gasteiger partial charge in [-0.25, -0.2) is 0 Å². The second-order valence-corrected chi connectivity index (χ2v) is 7.77. The summed E-state index contributed by atoms with van der Waals surface area (Å²) >= 11 is 0. The summed E-state index contributed by atoms with van der Waals surface area (Å²) in [7, 11) is 3.87. The van der Waals surface area contributed by atoms with Crippen molar-refractivity contribution in [3.8, 4) is 0 Å². The van der Waals surface area contributed by atoms with E-state index in [4.69, 9.17) is 4.74 Å². The number of rotatable bonds is 6. The van der Waals surface area contributed by atoms with Crippen LogP contribution in [0.25, 0.3) is 0 Å². The van der Waals surface area contributed by atoms with Crippen LogP contribution in [0.15, 0.2) is 17.4 Å². The lowest BCUT2D eigenvalue weighted by Gasteiger charge is -2.30. The Morgan fingerprint density at radius 3 is 2.81 bits per heavy atom. The molecule has 1 aromatic rings. The molecule has 3 rings (SSSR count). The molecule has 2 aliphatic rings. The van der Waals surface area contributed by atoms with Crippen LogP contribution in [0.2, 0.25) is 0 Å². The van der Waals surface area contributed by atoms with Crippen LogP contribution in [0.1, 0.15) is 18.9 Å². The van der Waals surface area contributed by atoms with Gasteiger partial charge in [0, 0.05) is 59.6 Å². The van der Waals surface area contributed by atoms with Gasteiger partial charge in [-0.3, -0.25) is 14.6 Å². The number of nitrogens with one attached hydrogen (secondary N) is 1. The first-order valence-corrected chi connectivity index (χ1v) is 9.87. The van der Waals surface area contributed by atoms with Gasteiger partial charge in [-0.05, 0) is 30.2 Å². The number of halogens is 1. The number of morpholine rings is 1. The number of hydrogen-bond donors (Lipinski definition) is 1. The number of aliphatic imine (C=N–C) groups is 1. The number of likely N-dealkylation sites (tertiary alicyclic amines) is 1. The molecule has 3 heterocycles. The number of hydrogen-bond acceptors (Lipinski definition) is 4. The average molecular weight is 490 g/mol. The fraction of sp³-hybridized carbons (Fsp3) is 0.789. The summed E-state index contributed by atoms with van der Waals surface area (Å²) in [5.41, 5.74) is 1.33. The maximum absolute atomic E-state index is 5.43. The van der Waals surface area contributed by atoms with Crippen molar-refractivity contribution in [2.75, 3.05) is 59.5 Å². The first-order valence-electron chi connectivity index (χ1n) is 9.87. The summed E-state index contributed by atoms with van der Waals surface area (Å²) in [5.74, 6) is 2.33. The molecule has 154 valence electrons. The van der Waals surface area contributed by atoms with Crippen LogP contribution in [-0.4, -0.2) is 85.1 Å². The number of guanidine groups is 1. The Bertz CT molecular complexity index is 587. The molecule has 2 fully saturated rings. The Labute approximate surface area is 180 Å². The van der Waals surface area contributed by atoms with Gasteiger partial charge >= 0.3 is 0 Å². The molecule has 2 aliphatic heterocycles. The summed E-state index contributed by atoms with van der Waals surface area (Å²) in [4.78, 5) is 9.42. The average Bonchev–Trinajstić information content (AvgIpc) is 3.26. The van der Waals surface area contributed by atoms with Crippen LogP contribution >= 0.6 is 24.0 Å². The van der Waals surface area contributed by atoms with Gasteiger partial charge < -0.3 is 15.0 Å². The van der Waals surface area contributed by atoms with Crippen molar-refractivity contribution < 1.29 is 4.74 Å². The van der Waals surface area contributed by atoms with Gasteiger partial charge in [-0.1, -0.05) is 6.92 Å². The fourth-order valence-corrected chi connectivity index (χ4v) is 3.99. The molecule has 2 saturated heterocycles. The standard InChI is InChI=1S/C19H34N6O.HI/c1-16(13-24-6-8-26-9-7-24)11-21-19(20-2)25-5-4-17(15-25)10-18-12-22-23(3)14-18;/h12,14,16-17H,4-11,13,15H2,1-3H3,(H,20,21);1H. The van der Waals surface area contributed by atoms with E-state index in [0.29, 0.717) is 11.8 Å². The van der Waals surface area contributed by atoms with Gasteiger partial charge in [0.05, 0.1) is 19.4 Å². The second kappa shape index (κ2) is 11.2. The van der Waals surface area contributed by atoms with Crippen molar-refractivity contribution in [2.45, 2.75) is 19.8 Å². The van der Waals surface area contributed by atoms with Gasteiger partial charge in [-0.2, -0.15) is 5.10 Å². The molecule has 0 radical (unpaired) electrons. The van der Waals surface area contributed by atoms with E-state index in [9.17, 15) is 0 Å². The van der Waals surface area contributed by atoms with Crippen molar-refractivity contribution in [1.82, 2.24) is 24.9 Å². The van der Waals surface area contributed by atoms with E-state index in [-0.39, 0.29) is 24.0 Å². The van der Waals surface area contributed by atoms with Crippen molar-refractivity contribution in [3.63, 3.8) is 0 Å². The lowest BCUT2D eigenvalue weighted by Crippen LogP contribution is -2.45. The fourth-order valence-electron chi connectivity index (χ4n) is 3.99. The summed E-state index contributed by atoms with van der Waals surface area (Å²) in [6.07, 6.45) is 6.44. The topological polar surface area (TPSA) is 57.9 Å². The minimum atomic E-state index is 0. The molecule has 2 unspecified atom stereocenters. The van der Waals surface area contributed by atoms with Crippen LogP contribution in [-0.2, 0) is 18.2 Å². The predicted molar refractivity (Wildman–Crippen MR) is 120 cm³/mol. The summed E-state index contributed by atoms with van der Waals surface area (Å²) in [6, 6.07) is 0. The molecule has 8 heteroatoms. The van der Waals surface area contributed by atoms with E-state index in [1.807, 2.05) is 25.0 Å². The van der Waals surface area contributed by atoms with Crippen molar-refractivity contribution in [2.24, 2.45) is 23.9 Å². The Hall–Kier alpha value is -0.870. The molecule has 2 atom stereocenters. The van der Waals surface area contributed by atoms with Gasteiger partial charge in [0.2, 0.25) is 0 Å². The summed E-state index contributed by atoms with van der Waals surface area (Å²) in [5, 5.41) is 7.87. The largest absolute Gasteiger partial charge is 0.379 e. The third kappa shape index (κ3) is 6.90. The lowest BCUT2D eigenvalue weighted by molar-refractivity contribution is 0.0320. The third-order valence-corrected chi connectivity index (χ3v) is 5.36. The predicted octanol–water partition coefficient (Wildman–Crippen LogP) is 1.45. The molecule has 0 bridgehead atoms. The van der Waals surface area contributed by atoms with E-state index in [1.165, 1.54) is 12.0 Å². The van der Waals surface area contributed by atoms with E-state index >= 15 is 0 Å². The molecular formula is C19H35IN6O. The van der Waals surface area contributed by atoms with Crippen molar-refractivity contribution in [1.29, 1.82) is 0 Å². The summed E-state index contributed by atoms with van der Waals surface area (Å²) < 4.78 is 7.32. The highest BCUT2D eigenvalue weighted by Crippen LogP contribution is 2.20. The Morgan fingerprint density at radius 2 is 2.15 bits per heavy atom. The van der Waals surface area contributed by atoms with Crippen LogP contribution in [0.3, 0.4) is 0 Å². The molecule has 0 aliphatic carbocycles. The van der Waals surface area contributed by atoms with Gasteiger partial charge in [-0.15, -0.1) is 24.0 Å². The highest BCUT2D eigenvalue weighted by Gasteiger charge is 2.25. The molecule has 1 N–H and O–H groups in total. The van der Waals surface area contributed by atoms with E-state index in [0.717, 1.165) is 64.9 Å². The molecule has 0 amide bonds. The molecule has 0 saturated carbocycles. The molecule has 0 spiro atoms. The minimum Gasteiger partial charge on any atom is -0.379 e. The van der Waals surface area contributed by atoms with Crippen molar-refractivity contribution >= 4 is 29.9 Å². The normalized spacial score (nSPS) is 22.6. The number of ether oxygens (including phenoxy) is 1. The zero-order valence-electron chi connectivity index (χ0n) is 16.9. The maximum Gasteiger partial charge on any atom is 0.193 e. The highest BCUT2D eigenvalue weighted by atomic mass is 127. The molecule has 1 aromatic heterocycles. The summed E-state index contributed by atoms with van der Waals surface area (Å²) in [6.45, 7) is 10.4. The molecule has 7 nitrogen and oxygen atoms in total. The Balaban J connectivity index is 0.00000261. The van der Waals surface area contributed by atoms with Crippen LogP contribution < -0.4 is 5.32 Å². The lowest BCUT2D eigenvalue weighted by atomic mass is 10.0. The smallest absolute Gasteiger partial charge is 0.193 e. The molecular weight excluding hydrogens is 455 g/mol. The van der Waals surface area contributed by atoms with Crippen LogP contribution in [0.4, 0.5) is 0 Å². The molecule has 27 heavy (non-hydrogen) atoms. The first-order chi connectivity index (χ1) is 12.6. The van der Waals surface area contributed by atoms with Gasteiger partial charge in [0.1, 0.15) is 0 Å². The zero-order valence-corrected chi connectivity index (χ0v) is 19.3. The zero-order chi connectivity index (χ0) is 18.4. The van der Waals surface area contributed by atoms with Gasteiger partial charge in [0.25, 0.3) is 0 Å². The highest BCUT2D eigenvalue weighted by molar-refractivity contribution is 14.0. The Morgan fingerprint density at radius 1 is 1.37 bits per heavy atom.